The molecule has 0 spiro atoms. The van der Waals surface area contributed by atoms with E-state index >= 15 is 0 Å². The SMILES string of the molecule is Fc1ccccc1NC(=S)N/N=C\c1ccc(N2CCOCC2)cc1. The van der Waals surface area contributed by atoms with Gasteiger partial charge in [-0.05, 0) is 42.0 Å². The van der Waals surface area contributed by atoms with Crippen molar-refractivity contribution in [3.05, 3.63) is 59.9 Å². The van der Waals surface area contributed by atoms with Gasteiger partial charge in [-0.1, -0.05) is 24.3 Å². The summed E-state index contributed by atoms with van der Waals surface area (Å²) < 4.78 is 18.9. The number of para-hydroxylation sites is 1. The van der Waals surface area contributed by atoms with Gasteiger partial charge in [0.15, 0.2) is 5.11 Å². The van der Waals surface area contributed by atoms with Crippen LogP contribution in [-0.4, -0.2) is 37.6 Å². The molecule has 3 rings (SSSR count). The first kappa shape index (κ1) is 17.3. The molecule has 0 saturated carbocycles. The Morgan fingerprint density at radius 2 is 1.84 bits per heavy atom. The fourth-order valence-electron chi connectivity index (χ4n) is 2.47. The Balaban J connectivity index is 1.51. The van der Waals surface area contributed by atoms with Crippen molar-refractivity contribution in [2.24, 2.45) is 5.10 Å². The van der Waals surface area contributed by atoms with Gasteiger partial charge in [-0.25, -0.2) is 4.39 Å². The number of anilines is 2. The van der Waals surface area contributed by atoms with E-state index in [9.17, 15) is 4.39 Å². The van der Waals surface area contributed by atoms with Crippen LogP contribution < -0.4 is 15.6 Å². The minimum atomic E-state index is -0.366. The third-order valence-electron chi connectivity index (χ3n) is 3.77. The molecule has 0 aromatic heterocycles. The van der Waals surface area contributed by atoms with Crippen LogP contribution in [0.4, 0.5) is 15.8 Å². The molecule has 0 atom stereocenters. The molecule has 0 amide bonds. The lowest BCUT2D eigenvalue weighted by molar-refractivity contribution is 0.122. The predicted molar refractivity (Wildman–Crippen MR) is 103 cm³/mol. The molecule has 0 radical (unpaired) electrons. The number of hydrogen-bond donors (Lipinski definition) is 2. The van der Waals surface area contributed by atoms with Gasteiger partial charge in [0.05, 0.1) is 25.1 Å². The zero-order valence-corrected chi connectivity index (χ0v) is 14.4. The molecule has 1 aliphatic heterocycles. The van der Waals surface area contributed by atoms with Crippen LogP contribution >= 0.6 is 12.2 Å². The van der Waals surface area contributed by atoms with E-state index < -0.39 is 0 Å². The van der Waals surface area contributed by atoms with Crippen molar-refractivity contribution in [1.82, 2.24) is 5.43 Å². The Morgan fingerprint density at radius 1 is 1.12 bits per heavy atom. The number of hydrogen-bond acceptors (Lipinski definition) is 4. The van der Waals surface area contributed by atoms with Crippen molar-refractivity contribution in [2.75, 3.05) is 36.5 Å². The minimum Gasteiger partial charge on any atom is -0.378 e. The van der Waals surface area contributed by atoms with Gasteiger partial charge in [-0.2, -0.15) is 5.10 Å². The van der Waals surface area contributed by atoms with Crippen LogP contribution in [0.1, 0.15) is 5.56 Å². The quantitative estimate of drug-likeness (QED) is 0.500. The molecular weight excluding hydrogens is 339 g/mol. The van der Waals surface area contributed by atoms with Crippen molar-refractivity contribution in [1.29, 1.82) is 0 Å². The molecule has 5 nitrogen and oxygen atoms in total. The van der Waals surface area contributed by atoms with Crippen LogP contribution in [0.3, 0.4) is 0 Å². The van der Waals surface area contributed by atoms with Crippen LogP contribution in [0.25, 0.3) is 0 Å². The van der Waals surface area contributed by atoms with Crippen LogP contribution in [0.2, 0.25) is 0 Å². The molecule has 25 heavy (non-hydrogen) atoms. The molecule has 0 bridgehead atoms. The molecule has 1 fully saturated rings. The van der Waals surface area contributed by atoms with E-state index in [0.29, 0.717) is 5.69 Å². The molecule has 0 unspecified atom stereocenters. The second-order valence-electron chi connectivity index (χ2n) is 5.49. The third kappa shape index (κ3) is 4.98. The molecule has 2 N–H and O–H groups in total. The fraction of sp³-hybridized carbons (Fsp3) is 0.222. The van der Waals surface area contributed by atoms with Crippen molar-refractivity contribution < 1.29 is 9.13 Å². The Morgan fingerprint density at radius 3 is 2.56 bits per heavy atom. The summed E-state index contributed by atoms with van der Waals surface area (Å²) in [5.41, 5.74) is 5.11. The Bertz CT molecular complexity index is 745. The number of nitrogens with zero attached hydrogens (tertiary/aromatic N) is 2. The van der Waals surface area contributed by atoms with Crippen LogP contribution in [0, 0.1) is 5.82 Å². The maximum absolute atomic E-state index is 13.5. The van der Waals surface area contributed by atoms with Crippen molar-refractivity contribution in [3.8, 4) is 0 Å². The molecule has 2 aromatic carbocycles. The average molecular weight is 358 g/mol. The van der Waals surface area contributed by atoms with Gasteiger partial charge in [0.25, 0.3) is 0 Å². The number of benzene rings is 2. The van der Waals surface area contributed by atoms with Crippen LogP contribution in [0.15, 0.2) is 53.6 Å². The van der Waals surface area contributed by atoms with Crippen molar-refractivity contribution >= 4 is 34.9 Å². The summed E-state index contributed by atoms with van der Waals surface area (Å²) in [5, 5.41) is 7.06. The lowest BCUT2D eigenvalue weighted by atomic mass is 10.2. The Hall–Kier alpha value is -2.51. The van der Waals surface area contributed by atoms with Gasteiger partial charge >= 0.3 is 0 Å². The number of morpholine rings is 1. The second kappa shape index (κ2) is 8.55. The lowest BCUT2D eigenvalue weighted by Gasteiger charge is -2.28. The van der Waals surface area contributed by atoms with E-state index in [1.165, 1.54) is 11.8 Å². The number of ether oxygens (including phenoxy) is 1. The summed E-state index contributed by atoms with van der Waals surface area (Å²) in [6, 6.07) is 14.4. The summed E-state index contributed by atoms with van der Waals surface area (Å²) in [6.07, 6.45) is 1.67. The smallest absolute Gasteiger partial charge is 0.191 e. The largest absolute Gasteiger partial charge is 0.378 e. The van der Waals surface area contributed by atoms with Crippen LogP contribution in [0.5, 0.6) is 0 Å². The minimum absolute atomic E-state index is 0.228. The average Bonchev–Trinajstić information content (AvgIpc) is 2.65. The highest BCUT2D eigenvalue weighted by atomic mass is 32.1. The summed E-state index contributed by atoms with van der Waals surface area (Å²) >= 11 is 5.10. The van der Waals surface area contributed by atoms with E-state index in [4.69, 9.17) is 17.0 Å². The van der Waals surface area contributed by atoms with Gasteiger partial charge < -0.3 is 15.0 Å². The number of hydrazone groups is 1. The monoisotopic (exact) mass is 358 g/mol. The Kier molecular flexibility index (Phi) is 5.92. The van der Waals surface area contributed by atoms with Crippen LogP contribution in [-0.2, 0) is 4.74 Å². The summed E-state index contributed by atoms with van der Waals surface area (Å²) in [5.74, 6) is -0.366. The van der Waals surface area contributed by atoms with E-state index in [1.807, 2.05) is 12.1 Å². The van der Waals surface area contributed by atoms with Gasteiger partial charge in [-0.15, -0.1) is 0 Å². The van der Waals surface area contributed by atoms with E-state index in [2.05, 4.69) is 32.9 Å². The van der Waals surface area contributed by atoms with Crippen molar-refractivity contribution in [2.45, 2.75) is 0 Å². The molecule has 0 aliphatic carbocycles. The maximum atomic E-state index is 13.5. The standard InChI is InChI=1S/C18H19FN4OS/c19-16-3-1-2-4-17(16)21-18(25)22-20-13-14-5-7-15(8-6-14)23-9-11-24-12-10-23/h1-8,13H,9-12H2,(H2,21,22,25)/b20-13-. The maximum Gasteiger partial charge on any atom is 0.191 e. The molecule has 2 aromatic rings. The first-order valence-corrected chi connectivity index (χ1v) is 8.40. The van der Waals surface area contributed by atoms with Gasteiger partial charge in [0.2, 0.25) is 0 Å². The highest BCUT2D eigenvalue weighted by Gasteiger charge is 2.10. The highest BCUT2D eigenvalue weighted by molar-refractivity contribution is 7.80. The number of halogens is 1. The molecule has 1 heterocycles. The molecular formula is C18H19FN4OS. The Labute approximate surface area is 151 Å². The topological polar surface area (TPSA) is 48.9 Å². The number of nitrogens with one attached hydrogen (secondary N) is 2. The van der Waals surface area contributed by atoms with Crippen molar-refractivity contribution in [3.63, 3.8) is 0 Å². The first-order chi connectivity index (χ1) is 12.2. The van der Waals surface area contributed by atoms with E-state index in [1.54, 1.807) is 24.4 Å². The highest BCUT2D eigenvalue weighted by Crippen LogP contribution is 2.16. The molecule has 130 valence electrons. The third-order valence-corrected chi connectivity index (χ3v) is 3.96. The fourth-order valence-corrected chi connectivity index (χ4v) is 2.63. The summed E-state index contributed by atoms with van der Waals surface area (Å²) in [7, 11) is 0. The summed E-state index contributed by atoms with van der Waals surface area (Å²) in [6.45, 7) is 3.34. The zero-order valence-electron chi connectivity index (χ0n) is 13.6. The van der Waals surface area contributed by atoms with Gasteiger partial charge in [0, 0.05) is 18.8 Å². The second-order valence-corrected chi connectivity index (χ2v) is 5.90. The predicted octanol–water partition coefficient (Wildman–Crippen LogP) is 2.98. The normalized spacial score (nSPS) is 14.5. The molecule has 1 aliphatic rings. The number of rotatable bonds is 4. The van der Waals surface area contributed by atoms with E-state index in [0.717, 1.165) is 31.9 Å². The van der Waals surface area contributed by atoms with Gasteiger partial charge in [0.1, 0.15) is 5.82 Å². The molecule has 1 saturated heterocycles. The number of thiocarbonyl (C=S) groups is 1. The zero-order chi connectivity index (χ0) is 17.5. The summed E-state index contributed by atoms with van der Waals surface area (Å²) in [4.78, 5) is 2.29. The van der Waals surface area contributed by atoms with Gasteiger partial charge in [-0.3, -0.25) is 5.43 Å². The molecule has 7 heteroatoms. The first-order valence-electron chi connectivity index (χ1n) is 8.00. The van der Waals surface area contributed by atoms with E-state index in [-0.39, 0.29) is 10.9 Å². The lowest BCUT2D eigenvalue weighted by Crippen LogP contribution is -2.36.